The SMILES string of the molecule is c1ccc(-c2c(-c3ccc(N(c4ccccc4)c4ccc(-c5ccc6ccccc6c5)c5c4oc4ccccc45)cc3)ccc3ccccc23)cc1. The van der Waals surface area contributed by atoms with Gasteiger partial charge in [0, 0.05) is 22.1 Å². The molecule has 9 aromatic carbocycles. The molecule has 244 valence electrons. The molecular weight excluding hydrogens is 631 g/mol. The Balaban J connectivity index is 1.16. The van der Waals surface area contributed by atoms with Crippen molar-refractivity contribution in [3.63, 3.8) is 0 Å². The van der Waals surface area contributed by atoms with Gasteiger partial charge in [-0.25, -0.2) is 0 Å². The highest BCUT2D eigenvalue weighted by molar-refractivity contribution is 6.17. The number of fused-ring (bicyclic) bond motifs is 5. The molecule has 1 aromatic heterocycles. The summed E-state index contributed by atoms with van der Waals surface area (Å²) in [4.78, 5) is 2.32. The van der Waals surface area contributed by atoms with Gasteiger partial charge in [-0.2, -0.15) is 0 Å². The van der Waals surface area contributed by atoms with E-state index in [0.29, 0.717) is 0 Å². The van der Waals surface area contributed by atoms with Crippen LogP contribution >= 0.6 is 0 Å². The molecule has 0 saturated carbocycles. The molecule has 0 unspecified atom stereocenters. The minimum absolute atomic E-state index is 0.862. The minimum atomic E-state index is 0.862. The highest BCUT2D eigenvalue weighted by atomic mass is 16.3. The highest BCUT2D eigenvalue weighted by Gasteiger charge is 2.22. The van der Waals surface area contributed by atoms with Crippen molar-refractivity contribution in [2.45, 2.75) is 0 Å². The van der Waals surface area contributed by atoms with Crippen molar-refractivity contribution >= 4 is 60.5 Å². The quantitative estimate of drug-likeness (QED) is 0.176. The van der Waals surface area contributed by atoms with Crippen LogP contribution in [0.1, 0.15) is 0 Å². The molecule has 1 heterocycles. The average molecular weight is 664 g/mol. The Kier molecular flexibility index (Phi) is 7.18. The lowest BCUT2D eigenvalue weighted by atomic mass is 9.90. The van der Waals surface area contributed by atoms with Crippen molar-refractivity contribution < 1.29 is 4.42 Å². The van der Waals surface area contributed by atoms with E-state index in [4.69, 9.17) is 4.42 Å². The second kappa shape index (κ2) is 12.5. The van der Waals surface area contributed by atoms with Gasteiger partial charge in [0.15, 0.2) is 5.58 Å². The largest absolute Gasteiger partial charge is 0.454 e. The molecule has 0 radical (unpaired) electrons. The van der Waals surface area contributed by atoms with Gasteiger partial charge >= 0.3 is 0 Å². The van der Waals surface area contributed by atoms with Crippen LogP contribution in [-0.4, -0.2) is 0 Å². The summed E-state index contributed by atoms with van der Waals surface area (Å²) in [6, 6.07) is 71.5. The molecule has 0 bridgehead atoms. The maximum Gasteiger partial charge on any atom is 0.160 e. The fourth-order valence-electron chi connectivity index (χ4n) is 7.81. The molecule has 2 heteroatoms. The number of nitrogens with zero attached hydrogens (tertiary/aromatic N) is 1. The van der Waals surface area contributed by atoms with Crippen LogP contribution in [0.3, 0.4) is 0 Å². The molecule has 10 aromatic rings. The van der Waals surface area contributed by atoms with Crippen LogP contribution in [0.25, 0.3) is 76.9 Å². The van der Waals surface area contributed by atoms with Crippen LogP contribution in [0, 0.1) is 0 Å². The third-order valence-corrected chi connectivity index (χ3v) is 10.2. The summed E-state index contributed by atoms with van der Waals surface area (Å²) in [5.41, 5.74) is 12.0. The number of rotatable bonds is 6. The summed E-state index contributed by atoms with van der Waals surface area (Å²) in [5, 5.41) is 7.16. The summed E-state index contributed by atoms with van der Waals surface area (Å²) in [6.07, 6.45) is 0. The van der Waals surface area contributed by atoms with Crippen molar-refractivity contribution in [2.24, 2.45) is 0 Å². The third-order valence-electron chi connectivity index (χ3n) is 10.2. The van der Waals surface area contributed by atoms with Crippen molar-refractivity contribution in [3.8, 4) is 33.4 Å². The number of anilines is 3. The van der Waals surface area contributed by atoms with Crippen LogP contribution in [0.15, 0.2) is 205 Å². The molecule has 0 aliphatic rings. The molecule has 52 heavy (non-hydrogen) atoms. The van der Waals surface area contributed by atoms with Gasteiger partial charge in [0.25, 0.3) is 0 Å². The fraction of sp³-hybridized carbons (Fsp3) is 0. The Bertz CT molecular complexity index is 2890. The van der Waals surface area contributed by atoms with Crippen molar-refractivity contribution in [1.82, 2.24) is 0 Å². The van der Waals surface area contributed by atoms with Crippen LogP contribution in [0.2, 0.25) is 0 Å². The van der Waals surface area contributed by atoms with E-state index in [9.17, 15) is 0 Å². The monoisotopic (exact) mass is 663 g/mol. The number of furan rings is 1. The molecule has 0 spiro atoms. The van der Waals surface area contributed by atoms with E-state index in [2.05, 4.69) is 199 Å². The maximum absolute atomic E-state index is 6.81. The average Bonchev–Trinajstić information content (AvgIpc) is 3.62. The number of para-hydroxylation sites is 2. The van der Waals surface area contributed by atoms with Gasteiger partial charge in [-0.15, -0.1) is 0 Å². The predicted molar refractivity (Wildman–Crippen MR) is 220 cm³/mol. The zero-order valence-electron chi connectivity index (χ0n) is 28.4. The van der Waals surface area contributed by atoms with Crippen LogP contribution in [0.4, 0.5) is 17.1 Å². The fourth-order valence-corrected chi connectivity index (χ4v) is 7.81. The van der Waals surface area contributed by atoms with E-state index in [1.807, 2.05) is 6.07 Å². The summed E-state index contributed by atoms with van der Waals surface area (Å²) in [6.45, 7) is 0. The summed E-state index contributed by atoms with van der Waals surface area (Å²) >= 11 is 0. The van der Waals surface area contributed by atoms with E-state index in [1.54, 1.807) is 0 Å². The lowest BCUT2D eigenvalue weighted by Gasteiger charge is -2.26. The molecular formula is C50H33NO. The van der Waals surface area contributed by atoms with Crippen molar-refractivity contribution in [3.05, 3.63) is 200 Å². The first kappa shape index (κ1) is 30.0. The van der Waals surface area contributed by atoms with Crippen LogP contribution in [-0.2, 0) is 0 Å². The van der Waals surface area contributed by atoms with Gasteiger partial charge in [-0.05, 0) is 97.4 Å². The first-order chi connectivity index (χ1) is 25.8. The van der Waals surface area contributed by atoms with Crippen LogP contribution in [0.5, 0.6) is 0 Å². The summed E-state index contributed by atoms with van der Waals surface area (Å²) < 4.78 is 6.81. The number of hydrogen-bond donors (Lipinski definition) is 0. The van der Waals surface area contributed by atoms with Gasteiger partial charge in [0.2, 0.25) is 0 Å². The first-order valence-corrected chi connectivity index (χ1v) is 17.8. The number of benzene rings is 9. The Morgan fingerprint density at radius 3 is 1.77 bits per heavy atom. The predicted octanol–water partition coefficient (Wildman–Crippen LogP) is 14.4. The van der Waals surface area contributed by atoms with Gasteiger partial charge in [0.1, 0.15) is 5.58 Å². The Morgan fingerprint density at radius 1 is 0.365 bits per heavy atom. The van der Waals surface area contributed by atoms with E-state index < -0.39 is 0 Å². The zero-order chi connectivity index (χ0) is 34.4. The molecule has 0 saturated heterocycles. The van der Waals surface area contributed by atoms with Crippen molar-refractivity contribution in [2.75, 3.05) is 4.90 Å². The molecule has 0 N–H and O–H groups in total. The highest BCUT2D eigenvalue weighted by Crippen LogP contribution is 2.46. The van der Waals surface area contributed by atoms with Crippen molar-refractivity contribution in [1.29, 1.82) is 0 Å². The second-order valence-corrected chi connectivity index (χ2v) is 13.3. The standard InChI is InChI=1S/C50H33NO/c1-3-15-37(16-4-1)48-42-20-10-9-14-35(42)27-30-43(48)36-25-28-41(29-26-36)51(40-18-5-2-6-19-40)46-32-31-44(39-24-23-34-13-7-8-17-38(34)33-39)49-45-21-11-12-22-47(45)52-50(46)49/h1-33H. The first-order valence-electron chi connectivity index (χ1n) is 17.8. The molecule has 10 rings (SSSR count). The van der Waals surface area contributed by atoms with Gasteiger partial charge in [-0.1, -0.05) is 158 Å². The molecule has 0 fully saturated rings. The third kappa shape index (κ3) is 5.04. The molecule has 0 aliphatic heterocycles. The van der Waals surface area contributed by atoms with E-state index in [0.717, 1.165) is 44.6 Å². The Labute approximate surface area is 302 Å². The topological polar surface area (TPSA) is 16.4 Å². The van der Waals surface area contributed by atoms with Gasteiger partial charge in [-0.3, -0.25) is 0 Å². The minimum Gasteiger partial charge on any atom is -0.454 e. The van der Waals surface area contributed by atoms with E-state index in [1.165, 1.54) is 49.4 Å². The summed E-state index contributed by atoms with van der Waals surface area (Å²) in [7, 11) is 0. The second-order valence-electron chi connectivity index (χ2n) is 13.3. The van der Waals surface area contributed by atoms with Gasteiger partial charge < -0.3 is 9.32 Å². The normalized spacial score (nSPS) is 11.5. The Morgan fingerprint density at radius 2 is 0.962 bits per heavy atom. The maximum atomic E-state index is 6.81. The van der Waals surface area contributed by atoms with Crippen LogP contribution < -0.4 is 4.90 Å². The molecule has 0 aliphatic carbocycles. The Hall–Kier alpha value is -6.90. The lowest BCUT2D eigenvalue weighted by molar-refractivity contribution is 0.669. The van der Waals surface area contributed by atoms with Gasteiger partial charge in [0.05, 0.1) is 5.69 Å². The van der Waals surface area contributed by atoms with E-state index >= 15 is 0 Å². The van der Waals surface area contributed by atoms with E-state index in [-0.39, 0.29) is 0 Å². The molecule has 2 nitrogen and oxygen atoms in total. The molecule has 0 atom stereocenters. The zero-order valence-corrected chi connectivity index (χ0v) is 28.4. The smallest absolute Gasteiger partial charge is 0.160 e. The lowest BCUT2D eigenvalue weighted by Crippen LogP contribution is -2.10. The molecule has 0 amide bonds. The number of hydrogen-bond acceptors (Lipinski definition) is 2. The summed E-state index contributed by atoms with van der Waals surface area (Å²) in [5.74, 6) is 0.